The number of hydrogen-bond donors (Lipinski definition) is 0. The molecule has 2 heterocycles. The minimum Gasteiger partial charge on any atom is -0.321 e. The number of aromatic nitrogens is 3. The number of aryl methyl sites for hydroxylation is 2. The molecule has 0 amide bonds. The summed E-state index contributed by atoms with van der Waals surface area (Å²) in [6, 6.07) is 11.6. The van der Waals surface area contributed by atoms with Crippen molar-refractivity contribution in [3.63, 3.8) is 0 Å². The van der Waals surface area contributed by atoms with Crippen LogP contribution in [0.1, 0.15) is 37.7 Å². The number of nitrogens with zero attached hydrogens (tertiary/aromatic N) is 3. The molecule has 2 aromatic carbocycles. The summed E-state index contributed by atoms with van der Waals surface area (Å²) in [5.41, 5.74) is 6.37. The fraction of sp³-hybridized carbons (Fsp3) is 0.300. The molecule has 0 saturated carbocycles. The third-order valence-electron chi connectivity index (χ3n) is 4.51. The van der Waals surface area contributed by atoms with E-state index in [0.29, 0.717) is 0 Å². The Bertz CT molecular complexity index is 1120. The molecule has 25 heavy (non-hydrogen) atoms. The summed E-state index contributed by atoms with van der Waals surface area (Å²) >= 11 is 3.63. The summed E-state index contributed by atoms with van der Waals surface area (Å²) < 4.78 is 3.18. The molecule has 4 rings (SSSR count). The normalized spacial score (nSPS) is 12.1. The third-order valence-corrected chi connectivity index (χ3v) is 5.15. The van der Waals surface area contributed by atoms with Crippen LogP contribution in [0.5, 0.6) is 0 Å². The standard InChI is InChI=1S/C20H19BrN3.Ir/c1-11-9-15-16(10-12(11)2)24-18(22-15)13-7-6-8-14(21)17(13)23-19(24)20(3,4)5;/h6,8-10H,1-5H3;/q-1;. The second kappa shape index (κ2) is 6.15. The minimum atomic E-state index is -0.103. The maximum atomic E-state index is 4.99. The van der Waals surface area contributed by atoms with Gasteiger partial charge in [-0.3, -0.25) is 9.97 Å². The van der Waals surface area contributed by atoms with E-state index in [1.54, 1.807) is 0 Å². The number of imidazole rings is 1. The van der Waals surface area contributed by atoms with Gasteiger partial charge in [0, 0.05) is 25.5 Å². The van der Waals surface area contributed by atoms with Crippen molar-refractivity contribution >= 4 is 43.5 Å². The fourth-order valence-corrected chi connectivity index (χ4v) is 3.54. The minimum absolute atomic E-state index is 0. The molecule has 0 fully saturated rings. The first-order chi connectivity index (χ1) is 11.3. The molecule has 2 aromatic heterocycles. The molecule has 5 heteroatoms. The Morgan fingerprint density at radius 3 is 2.44 bits per heavy atom. The van der Waals surface area contributed by atoms with E-state index in [9.17, 15) is 0 Å². The maximum absolute atomic E-state index is 4.99. The van der Waals surface area contributed by atoms with Gasteiger partial charge in [0.15, 0.2) is 0 Å². The molecule has 0 N–H and O–H groups in total. The average Bonchev–Trinajstić information content (AvgIpc) is 2.85. The van der Waals surface area contributed by atoms with Gasteiger partial charge in [-0.1, -0.05) is 42.1 Å². The predicted molar refractivity (Wildman–Crippen MR) is 103 cm³/mol. The van der Waals surface area contributed by atoms with Crippen LogP contribution in [0.4, 0.5) is 0 Å². The van der Waals surface area contributed by atoms with E-state index in [-0.39, 0.29) is 25.5 Å². The quantitative estimate of drug-likeness (QED) is 0.260. The zero-order valence-corrected chi connectivity index (χ0v) is 18.8. The molecular formula is C20H19BrIrN3-. The van der Waals surface area contributed by atoms with Crippen LogP contribution in [0, 0.1) is 19.9 Å². The Labute approximate surface area is 169 Å². The molecule has 0 aliphatic rings. The van der Waals surface area contributed by atoms with Crippen LogP contribution < -0.4 is 0 Å². The van der Waals surface area contributed by atoms with Crippen molar-refractivity contribution in [2.45, 2.75) is 40.0 Å². The van der Waals surface area contributed by atoms with Crippen molar-refractivity contribution in [2.75, 3.05) is 0 Å². The number of benzene rings is 2. The van der Waals surface area contributed by atoms with E-state index in [1.807, 2.05) is 12.1 Å². The summed E-state index contributed by atoms with van der Waals surface area (Å²) in [6.07, 6.45) is 0. The SMILES string of the molecule is Cc1cc2nc3c4[c-]ccc(Br)c4nc(C(C)(C)C)n3c2cc1C.[Ir]. The van der Waals surface area contributed by atoms with E-state index in [4.69, 9.17) is 9.97 Å². The maximum Gasteiger partial charge on any atom is 0.102 e. The number of hydrogen-bond acceptors (Lipinski definition) is 2. The first-order valence-electron chi connectivity index (χ1n) is 8.07. The van der Waals surface area contributed by atoms with Gasteiger partial charge in [-0.25, -0.2) is 0 Å². The Morgan fingerprint density at radius 2 is 1.76 bits per heavy atom. The summed E-state index contributed by atoms with van der Waals surface area (Å²) in [7, 11) is 0. The van der Waals surface area contributed by atoms with E-state index in [2.05, 4.69) is 73.1 Å². The Morgan fingerprint density at radius 1 is 1.08 bits per heavy atom. The number of fused-ring (bicyclic) bond motifs is 5. The van der Waals surface area contributed by atoms with Crippen molar-refractivity contribution in [3.8, 4) is 0 Å². The molecule has 0 unspecified atom stereocenters. The Kier molecular flexibility index (Phi) is 4.55. The van der Waals surface area contributed by atoms with Crippen LogP contribution in [-0.2, 0) is 25.5 Å². The molecule has 0 atom stereocenters. The predicted octanol–water partition coefficient (Wildman–Crippen LogP) is 5.51. The van der Waals surface area contributed by atoms with E-state index in [1.165, 1.54) is 11.1 Å². The molecule has 4 aromatic rings. The molecule has 3 nitrogen and oxygen atoms in total. The molecule has 0 aliphatic carbocycles. The summed E-state index contributed by atoms with van der Waals surface area (Å²) in [5.74, 6) is 1.01. The Balaban J connectivity index is 0.00000182. The van der Waals surface area contributed by atoms with Crippen LogP contribution in [0.2, 0.25) is 0 Å². The zero-order valence-electron chi connectivity index (χ0n) is 14.9. The molecule has 0 spiro atoms. The van der Waals surface area contributed by atoms with Crippen LogP contribution in [0.15, 0.2) is 28.7 Å². The summed E-state index contributed by atoms with van der Waals surface area (Å²) in [6.45, 7) is 10.8. The first-order valence-corrected chi connectivity index (χ1v) is 8.86. The van der Waals surface area contributed by atoms with Crippen LogP contribution in [0.25, 0.3) is 27.6 Å². The summed E-state index contributed by atoms with van der Waals surface area (Å²) in [4.78, 5) is 9.92. The van der Waals surface area contributed by atoms with Crippen LogP contribution in [0.3, 0.4) is 0 Å². The molecule has 0 bridgehead atoms. The van der Waals surface area contributed by atoms with E-state index in [0.717, 1.165) is 37.9 Å². The van der Waals surface area contributed by atoms with Crippen molar-refractivity contribution in [1.29, 1.82) is 0 Å². The van der Waals surface area contributed by atoms with Gasteiger partial charge in [0.05, 0.1) is 16.7 Å². The van der Waals surface area contributed by atoms with Gasteiger partial charge in [-0.05, 0) is 47.1 Å². The molecule has 0 saturated heterocycles. The van der Waals surface area contributed by atoms with Gasteiger partial charge < -0.3 is 4.40 Å². The second-order valence-corrected chi connectivity index (χ2v) is 8.28. The topological polar surface area (TPSA) is 30.2 Å². The van der Waals surface area contributed by atoms with E-state index < -0.39 is 0 Å². The first kappa shape index (κ1) is 18.5. The smallest absolute Gasteiger partial charge is 0.102 e. The van der Waals surface area contributed by atoms with Gasteiger partial charge in [-0.2, -0.15) is 0 Å². The van der Waals surface area contributed by atoms with Gasteiger partial charge >= 0.3 is 0 Å². The number of rotatable bonds is 0. The third kappa shape index (κ3) is 2.83. The van der Waals surface area contributed by atoms with Gasteiger partial charge in [0.1, 0.15) is 5.82 Å². The monoisotopic (exact) mass is 573 g/mol. The molecule has 0 aliphatic heterocycles. The van der Waals surface area contributed by atoms with Crippen molar-refractivity contribution in [3.05, 3.63) is 51.8 Å². The van der Waals surface area contributed by atoms with E-state index >= 15 is 0 Å². The molecule has 1 radical (unpaired) electrons. The van der Waals surface area contributed by atoms with Crippen molar-refractivity contribution in [1.82, 2.24) is 14.4 Å². The molecular weight excluding hydrogens is 554 g/mol. The molecule has 131 valence electrons. The van der Waals surface area contributed by atoms with Gasteiger partial charge in [0.25, 0.3) is 0 Å². The largest absolute Gasteiger partial charge is 0.321 e. The second-order valence-electron chi connectivity index (χ2n) is 7.43. The van der Waals surface area contributed by atoms with Crippen molar-refractivity contribution in [2.24, 2.45) is 0 Å². The zero-order chi connectivity index (χ0) is 17.2. The van der Waals surface area contributed by atoms with Crippen LogP contribution >= 0.6 is 15.9 Å². The fourth-order valence-electron chi connectivity index (χ4n) is 3.12. The van der Waals surface area contributed by atoms with Gasteiger partial charge in [0.2, 0.25) is 0 Å². The van der Waals surface area contributed by atoms with Crippen LogP contribution in [-0.4, -0.2) is 14.4 Å². The van der Waals surface area contributed by atoms with Crippen molar-refractivity contribution < 1.29 is 20.1 Å². The number of halogens is 1. The Hall–Kier alpha value is -1.29. The average molecular weight is 574 g/mol. The summed E-state index contributed by atoms with van der Waals surface area (Å²) in [5, 5.41) is 0.948. The van der Waals surface area contributed by atoms with Gasteiger partial charge in [-0.15, -0.1) is 18.2 Å².